The monoisotopic (exact) mass is 253 g/mol. The molecule has 1 fully saturated rings. The van der Waals surface area contributed by atoms with Crippen molar-refractivity contribution in [1.82, 2.24) is 0 Å². The minimum absolute atomic E-state index is 0.235. The average molecular weight is 254 g/mol. The number of carbonyl (C=O) groups is 1. The summed E-state index contributed by atoms with van der Waals surface area (Å²) in [4.78, 5) is 13.1. The van der Waals surface area contributed by atoms with Crippen LogP contribution in [0, 0.1) is 5.92 Å². The molecule has 0 saturated carbocycles. The van der Waals surface area contributed by atoms with E-state index in [1.807, 2.05) is 0 Å². The number of aromatic carboxylic acids is 1. The minimum atomic E-state index is -0.943. The van der Waals surface area contributed by atoms with Gasteiger partial charge in [-0.05, 0) is 37.5 Å². The first-order chi connectivity index (χ1) is 7.99. The van der Waals surface area contributed by atoms with Crippen molar-refractivity contribution in [2.45, 2.75) is 26.3 Å². The molecule has 2 unspecified atom stereocenters. The highest BCUT2D eigenvalue weighted by Crippen LogP contribution is 2.34. The first-order valence-corrected chi connectivity index (χ1v) is 6.16. The van der Waals surface area contributed by atoms with Crippen molar-refractivity contribution in [2.24, 2.45) is 5.92 Å². The number of rotatable bonds is 2. The van der Waals surface area contributed by atoms with Crippen LogP contribution in [0.25, 0.3) is 0 Å². The smallest absolute Gasteiger partial charge is 0.335 e. The summed E-state index contributed by atoms with van der Waals surface area (Å²) in [7, 11) is 0. The van der Waals surface area contributed by atoms with Gasteiger partial charge in [-0.15, -0.1) is 0 Å². The molecule has 1 heterocycles. The molecule has 0 aromatic heterocycles. The number of carboxylic acid groups (broad SMARTS) is 1. The van der Waals surface area contributed by atoms with Crippen LogP contribution >= 0.6 is 11.6 Å². The fraction of sp³-hybridized carbons (Fsp3) is 0.462. The maximum Gasteiger partial charge on any atom is 0.335 e. The maximum absolute atomic E-state index is 10.8. The molecule has 3 nitrogen and oxygen atoms in total. The molecule has 0 bridgehead atoms. The molecule has 1 saturated heterocycles. The summed E-state index contributed by atoms with van der Waals surface area (Å²) in [6.07, 6.45) is 1.15. The number of nitrogens with zero attached hydrogens (tertiary/aromatic N) is 1. The molecular weight excluding hydrogens is 238 g/mol. The molecule has 2 atom stereocenters. The van der Waals surface area contributed by atoms with E-state index in [1.165, 1.54) is 6.07 Å². The summed E-state index contributed by atoms with van der Waals surface area (Å²) >= 11 is 6.16. The lowest BCUT2D eigenvalue weighted by molar-refractivity contribution is 0.0697. The van der Waals surface area contributed by atoms with Gasteiger partial charge in [0.05, 0.1) is 16.3 Å². The van der Waals surface area contributed by atoms with Gasteiger partial charge in [-0.3, -0.25) is 0 Å². The Bertz CT molecular complexity index is 447. The number of benzene rings is 1. The van der Waals surface area contributed by atoms with Gasteiger partial charge in [-0.25, -0.2) is 4.79 Å². The fourth-order valence-electron chi connectivity index (χ4n) is 2.51. The lowest BCUT2D eigenvalue weighted by Gasteiger charge is -2.25. The zero-order valence-corrected chi connectivity index (χ0v) is 10.7. The van der Waals surface area contributed by atoms with Gasteiger partial charge in [-0.2, -0.15) is 0 Å². The van der Waals surface area contributed by atoms with E-state index in [0.29, 0.717) is 17.0 Å². The highest BCUT2D eigenvalue weighted by atomic mass is 35.5. The molecule has 0 amide bonds. The second-order valence-electron chi connectivity index (χ2n) is 4.81. The Hall–Kier alpha value is -1.22. The van der Waals surface area contributed by atoms with E-state index >= 15 is 0 Å². The van der Waals surface area contributed by atoms with Gasteiger partial charge < -0.3 is 10.0 Å². The van der Waals surface area contributed by atoms with Crippen molar-refractivity contribution in [3.05, 3.63) is 28.8 Å². The molecule has 1 aromatic rings. The van der Waals surface area contributed by atoms with Crippen molar-refractivity contribution in [3.8, 4) is 0 Å². The third-order valence-corrected chi connectivity index (χ3v) is 3.59. The van der Waals surface area contributed by atoms with Crippen LogP contribution in [0.2, 0.25) is 5.02 Å². The molecule has 1 N–H and O–H groups in total. The van der Waals surface area contributed by atoms with Gasteiger partial charge in [0.25, 0.3) is 0 Å². The molecule has 1 aliphatic heterocycles. The number of hydrogen-bond acceptors (Lipinski definition) is 2. The predicted molar refractivity (Wildman–Crippen MR) is 69.0 cm³/mol. The third kappa shape index (κ3) is 2.39. The van der Waals surface area contributed by atoms with Crippen LogP contribution in [0.1, 0.15) is 30.6 Å². The fourth-order valence-corrected chi connectivity index (χ4v) is 2.80. The standard InChI is InChI=1S/C13H16ClNO2/c1-8-5-9(2)15(7-8)12-4-3-10(13(16)17)6-11(12)14/h3-4,6,8-9H,5,7H2,1-2H3,(H,16,17). The zero-order valence-electron chi connectivity index (χ0n) is 9.98. The van der Waals surface area contributed by atoms with E-state index in [4.69, 9.17) is 16.7 Å². The Morgan fingerprint density at radius 1 is 1.47 bits per heavy atom. The van der Waals surface area contributed by atoms with Crippen molar-refractivity contribution in [3.63, 3.8) is 0 Å². The van der Waals surface area contributed by atoms with Crippen LogP contribution in [0.15, 0.2) is 18.2 Å². The average Bonchev–Trinajstić information content (AvgIpc) is 2.57. The van der Waals surface area contributed by atoms with E-state index in [1.54, 1.807) is 12.1 Å². The SMILES string of the molecule is CC1CC(C)N(c2ccc(C(=O)O)cc2Cl)C1. The van der Waals surface area contributed by atoms with E-state index < -0.39 is 5.97 Å². The number of halogens is 1. The first-order valence-electron chi connectivity index (χ1n) is 5.78. The third-order valence-electron chi connectivity index (χ3n) is 3.29. The van der Waals surface area contributed by atoms with E-state index in [9.17, 15) is 4.79 Å². The minimum Gasteiger partial charge on any atom is -0.478 e. The Morgan fingerprint density at radius 3 is 2.65 bits per heavy atom. The molecule has 0 radical (unpaired) electrons. The Morgan fingerprint density at radius 2 is 2.18 bits per heavy atom. The number of carboxylic acids is 1. The summed E-state index contributed by atoms with van der Waals surface area (Å²) in [5.74, 6) is -0.290. The van der Waals surface area contributed by atoms with Gasteiger partial charge >= 0.3 is 5.97 Å². The van der Waals surface area contributed by atoms with E-state index in [0.717, 1.165) is 18.7 Å². The van der Waals surface area contributed by atoms with Crippen LogP contribution in [-0.2, 0) is 0 Å². The normalized spacial score (nSPS) is 24.1. The van der Waals surface area contributed by atoms with Crippen molar-refractivity contribution in [2.75, 3.05) is 11.4 Å². The summed E-state index contributed by atoms with van der Waals surface area (Å²) in [6.45, 7) is 5.37. The highest BCUT2D eigenvalue weighted by molar-refractivity contribution is 6.33. The molecule has 92 valence electrons. The van der Waals surface area contributed by atoms with Crippen LogP contribution < -0.4 is 4.90 Å². The molecule has 0 aliphatic carbocycles. The summed E-state index contributed by atoms with van der Waals surface area (Å²) in [6, 6.07) is 5.40. The van der Waals surface area contributed by atoms with Crippen LogP contribution in [0.3, 0.4) is 0 Å². The molecule has 1 aromatic carbocycles. The second kappa shape index (κ2) is 4.57. The first kappa shape index (κ1) is 12.2. The number of hydrogen-bond donors (Lipinski definition) is 1. The van der Waals surface area contributed by atoms with Crippen LogP contribution in [0.4, 0.5) is 5.69 Å². The molecule has 4 heteroatoms. The molecular formula is C13H16ClNO2. The quantitative estimate of drug-likeness (QED) is 0.879. The van der Waals surface area contributed by atoms with Gasteiger partial charge in [0.2, 0.25) is 0 Å². The van der Waals surface area contributed by atoms with Crippen molar-refractivity contribution in [1.29, 1.82) is 0 Å². The van der Waals surface area contributed by atoms with Gasteiger partial charge in [0.1, 0.15) is 0 Å². The van der Waals surface area contributed by atoms with Crippen LogP contribution in [-0.4, -0.2) is 23.7 Å². The Labute approximate surface area is 106 Å². The van der Waals surface area contributed by atoms with Gasteiger partial charge in [0.15, 0.2) is 0 Å². The molecule has 1 aliphatic rings. The van der Waals surface area contributed by atoms with Gasteiger partial charge in [-0.1, -0.05) is 18.5 Å². The highest BCUT2D eigenvalue weighted by Gasteiger charge is 2.27. The van der Waals surface area contributed by atoms with Crippen molar-refractivity contribution < 1.29 is 9.90 Å². The van der Waals surface area contributed by atoms with Gasteiger partial charge in [0, 0.05) is 12.6 Å². The lowest BCUT2D eigenvalue weighted by Crippen LogP contribution is -2.26. The van der Waals surface area contributed by atoms with Crippen LogP contribution in [0.5, 0.6) is 0 Å². The summed E-state index contributed by atoms with van der Waals surface area (Å²) < 4.78 is 0. The largest absolute Gasteiger partial charge is 0.478 e. The summed E-state index contributed by atoms with van der Waals surface area (Å²) in [5, 5.41) is 9.41. The summed E-state index contributed by atoms with van der Waals surface area (Å²) in [5.41, 5.74) is 1.17. The second-order valence-corrected chi connectivity index (χ2v) is 5.22. The maximum atomic E-state index is 10.8. The van der Waals surface area contributed by atoms with Crippen molar-refractivity contribution >= 4 is 23.3 Å². The predicted octanol–water partition coefficient (Wildman–Crippen LogP) is 3.27. The topological polar surface area (TPSA) is 40.5 Å². The van der Waals surface area contributed by atoms with E-state index in [-0.39, 0.29) is 5.56 Å². The zero-order chi connectivity index (χ0) is 12.6. The molecule has 0 spiro atoms. The molecule has 17 heavy (non-hydrogen) atoms. The van der Waals surface area contributed by atoms with E-state index in [2.05, 4.69) is 18.7 Å². The lowest BCUT2D eigenvalue weighted by atomic mass is 10.1. The Balaban J connectivity index is 2.31. The number of anilines is 1. The molecule has 2 rings (SSSR count). The Kier molecular flexibility index (Phi) is 3.29.